The normalized spacial score (nSPS) is 11.3. The van der Waals surface area contributed by atoms with Crippen molar-refractivity contribution in [1.82, 2.24) is 0 Å². The van der Waals surface area contributed by atoms with Gasteiger partial charge in [0.1, 0.15) is 0 Å². The number of alkyl halides is 3. The molecule has 7 heteroatoms. The molecule has 0 saturated carbocycles. The quantitative estimate of drug-likeness (QED) is 0.798. The summed E-state index contributed by atoms with van der Waals surface area (Å²) < 4.78 is 49.9. The molecule has 1 aromatic rings. The molecule has 0 aliphatic heterocycles. The molecule has 0 spiro atoms. The van der Waals surface area contributed by atoms with Gasteiger partial charge >= 0.3 is 6.36 Å². The summed E-state index contributed by atoms with van der Waals surface area (Å²) in [5.41, 5.74) is 0. The summed E-state index contributed by atoms with van der Waals surface area (Å²) in [7, 11) is 1.36. The van der Waals surface area contributed by atoms with Gasteiger partial charge in [-0.2, -0.15) is 0 Å². The Labute approximate surface area is 98.2 Å². The Kier molecular flexibility index (Phi) is 4.43. The summed E-state index contributed by atoms with van der Waals surface area (Å²) in [6, 6.07) is 4.10. The number of benzene rings is 1. The molecule has 0 N–H and O–H groups in total. The molecule has 1 aromatic carbocycles. The Bertz CT molecular complexity index is 354. The lowest BCUT2D eigenvalue weighted by Crippen LogP contribution is -2.18. The standard InChI is InChI=1S/C9H8BrF3O3/c1-14-5-15-8-6(10)3-2-4-7(8)16-9(11,12)13/h2-4H,5H2,1H3. The zero-order chi connectivity index (χ0) is 12.2. The molecule has 0 atom stereocenters. The molecule has 0 aromatic heterocycles. The minimum Gasteiger partial charge on any atom is -0.462 e. The highest BCUT2D eigenvalue weighted by Crippen LogP contribution is 2.37. The van der Waals surface area contributed by atoms with Crippen LogP contribution in [0.2, 0.25) is 0 Å². The average Bonchev–Trinajstić information content (AvgIpc) is 2.14. The van der Waals surface area contributed by atoms with Crippen LogP contribution in [0, 0.1) is 0 Å². The van der Waals surface area contributed by atoms with Crippen LogP contribution in [0.3, 0.4) is 0 Å². The Balaban J connectivity index is 2.93. The summed E-state index contributed by atoms with van der Waals surface area (Å²) in [6.07, 6.45) is -4.76. The minimum absolute atomic E-state index is 0.0540. The Hall–Kier alpha value is -0.950. The summed E-state index contributed by atoms with van der Waals surface area (Å²) in [5, 5.41) is 0. The second-order valence-electron chi connectivity index (χ2n) is 2.67. The first kappa shape index (κ1) is 13.1. The summed E-state index contributed by atoms with van der Waals surface area (Å²) in [5.74, 6) is -0.472. The second kappa shape index (κ2) is 5.40. The predicted molar refractivity (Wildman–Crippen MR) is 53.3 cm³/mol. The molecule has 0 fully saturated rings. The first-order valence-corrected chi connectivity index (χ1v) is 4.89. The van der Waals surface area contributed by atoms with Crippen LogP contribution < -0.4 is 9.47 Å². The van der Waals surface area contributed by atoms with Crippen molar-refractivity contribution in [3.05, 3.63) is 22.7 Å². The molecular weight excluding hydrogens is 293 g/mol. The third-order valence-electron chi connectivity index (χ3n) is 1.48. The molecule has 90 valence electrons. The van der Waals surface area contributed by atoms with E-state index in [0.29, 0.717) is 4.47 Å². The highest BCUT2D eigenvalue weighted by molar-refractivity contribution is 9.10. The van der Waals surface area contributed by atoms with E-state index < -0.39 is 12.1 Å². The van der Waals surface area contributed by atoms with E-state index in [2.05, 4.69) is 25.4 Å². The van der Waals surface area contributed by atoms with Crippen molar-refractivity contribution in [2.45, 2.75) is 6.36 Å². The topological polar surface area (TPSA) is 27.7 Å². The number of halogens is 4. The maximum absolute atomic E-state index is 12.1. The van der Waals surface area contributed by atoms with E-state index in [4.69, 9.17) is 4.74 Å². The van der Waals surface area contributed by atoms with Crippen LogP contribution in [0.1, 0.15) is 0 Å². The minimum atomic E-state index is -4.76. The van der Waals surface area contributed by atoms with Gasteiger partial charge in [-0.3, -0.25) is 0 Å². The van der Waals surface area contributed by atoms with E-state index in [1.807, 2.05) is 0 Å². The molecule has 16 heavy (non-hydrogen) atoms. The van der Waals surface area contributed by atoms with Crippen LogP contribution in [0.15, 0.2) is 22.7 Å². The van der Waals surface area contributed by atoms with E-state index in [1.54, 1.807) is 0 Å². The van der Waals surface area contributed by atoms with Crippen LogP contribution in [-0.4, -0.2) is 20.3 Å². The molecule has 0 bridgehead atoms. The van der Waals surface area contributed by atoms with Crippen LogP contribution in [0.5, 0.6) is 11.5 Å². The van der Waals surface area contributed by atoms with Gasteiger partial charge in [0, 0.05) is 7.11 Å². The number of hydrogen-bond donors (Lipinski definition) is 0. The highest BCUT2D eigenvalue weighted by atomic mass is 79.9. The number of ether oxygens (including phenoxy) is 3. The molecule has 0 unspecified atom stereocenters. The SMILES string of the molecule is COCOc1c(Br)cccc1OC(F)(F)F. The predicted octanol–water partition coefficient (Wildman–Crippen LogP) is 3.33. The Morgan fingerprint density at radius 1 is 1.31 bits per heavy atom. The molecule has 0 heterocycles. The third-order valence-corrected chi connectivity index (χ3v) is 2.10. The van der Waals surface area contributed by atoms with Gasteiger partial charge < -0.3 is 14.2 Å². The smallest absolute Gasteiger partial charge is 0.462 e. The summed E-state index contributed by atoms with van der Waals surface area (Å²) in [4.78, 5) is 0. The first-order chi connectivity index (χ1) is 7.44. The number of para-hydroxylation sites is 1. The van der Waals surface area contributed by atoms with Gasteiger partial charge in [-0.1, -0.05) is 6.07 Å². The van der Waals surface area contributed by atoms with Crippen molar-refractivity contribution in [3.63, 3.8) is 0 Å². The van der Waals surface area contributed by atoms with Gasteiger partial charge in [-0.25, -0.2) is 0 Å². The van der Waals surface area contributed by atoms with Gasteiger partial charge in [-0.05, 0) is 28.1 Å². The van der Waals surface area contributed by atoms with Gasteiger partial charge in [-0.15, -0.1) is 13.2 Å². The maximum Gasteiger partial charge on any atom is 0.573 e. The second-order valence-corrected chi connectivity index (χ2v) is 3.52. The van der Waals surface area contributed by atoms with Crippen molar-refractivity contribution in [2.24, 2.45) is 0 Å². The van der Waals surface area contributed by atoms with Crippen molar-refractivity contribution in [2.75, 3.05) is 13.9 Å². The lowest BCUT2D eigenvalue weighted by molar-refractivity contribution is -0.275. The van der Waals surface area contributed by atoms with E-state index in [9.17, 15) is 13.2 Å². The van der Waals surface area contributed by atoms with Crippen LogP contribution in [-0.2, 0) is 4.74 Å². The largest absolute Gasteiger partial charge is 0.573 e. The van der Waals surface area contributed by atoms with Crippen LogP contribution >= 0.6 is 15.9 Å². The van der Waals surface area contributed by atoms with E-state index >= 15 is 0 Å². The van der Waals surface area contributed by atoms with Crippen molar-refractivity contribution < 1.29 is 27.4 Å². The molecule has 0 radical (unpaired) electrons. The maximum atomic E-state index is 12.1. The molecule has 0 aliphatic rings. The fourth-order valence-electron chi connectivity index (χ4n) is 0.952. The Morgan fingerprint density at radius 3 is 2.56 bits per heavy atom. The van der Waals surface area contributed by atoms with Crippen molar-refractivity contribution in [3.8, 4) is 11.5 Å². The molecule has 3 nitrogen and oxygen atoms in total. The average molecular weight is 301 g/mol. The van der Waals surface area contributed by atoms with Crippen LogP contribution in [0.4, 0.5) is 13.2 Å². The molecule has 0 amide bonds. The number of hydrogen-bond acceptors (Lipinski definition) is 3. The van der Waals surface area contributed by atoms with Crippen molar-refractivity contribution >= 4 is 15.9 Å². The summed E-state index contributed by atoms with van der Waals surface area (Å²) >= 11 is 3.06. The molecular formula is C9H8BrF3O3. The zero-order valence-corrected chi connectivity index (χ0v) is 9.76. The number of methoxy groups -OCH3 is 1. The fourth-order valence-corrected chi connectivity index (χ4v) is 1.41. The van der Waals surface area contributed by atoms with E-state index in [-0.39, 0.29) is 12.5 Å². The summed E-state index contributed by atoms with van der Waals surface area (Å²) in [6.45, 7) is -0.170. The zero-order valence-electron chi connectivity index (χ0n) is 8.18. The Morgan fingerprint density at radius 2 is 2.00 bits per heavy atom. The first-order valence-electron chi connectivity index (χ1n) is 4.10. The number of rotatable bonds is 4. The monoisotopic (exact) mass is 300 g/mol. The molecule has 0 aliphatic carbocycles. The van der Waals surface area contributed by atoms with E-state index in [1.165, 1.54) is 19.2 Å². The van der Waals surface area contributed by atoms with Gasteiger partial charge in [0.25, 0.3) is 0 Å². The van der Waals surface area contributed by atoms with E-state index in [0.717, 1.165) is 6.07 Å². The van der Waals surface area contributed by atoms with Gasteiger partial charge in [0.05, 0.1) is 4.47 Å². The van der Waals surface area contributed by atoms with Crippen LogP contribution in [0.25, 0.3) is 0 Å². The lowest BCUT2D eigenvalue weighted by atomic mass is 10.3. The molecule has 0 saturated heterocycles. The van der Waals surface area contributed by atoms with Gasteiger partial charge in [0.15, 0.2) is 18.3 Å². The fraction of sp³-hybridized carbons (Fsp3) is 0.333. The highest BCUT2D eigenvalue weighted by Gasteiger charge is 2.32. The molecule has 1 rings (SSSR count). The lowest BCUT2D eigenvalue weighted by Gasteiger charge is -2.14. The van der Waals surface area contributed by atoms with Crippen molar-refractivity contribution in [1.29, 1.82) is 0 Å². The third kappa shape index (κ3) is 3.90. The van der Waals surface area contributed by atoms with Gasteiger partial charge in [0.2, 0.25) is 0 Å².